The van der Waals surface area contributed by atoms with Crippen molar-refractivity contribution >= 4 is 38.2 Å². The first-order valence-electron chi connectivity index (χ1n) is 5.43. The Hall–Kier alpha value is -1.17. The van der Waals surface area contributed by atoms with Crippen LogP contribution in [0.2, 0.25) is 0 Å². The summed E-state index contributed by atoms with van der Waals surface area (Å²) in [7, 11) is 1.77. The van der Waals surface area contributed by atoms with Gasteiger partial charge in [-0.2, -0.15) is 0 Å². The molecule has 2 aromatic rings. The van der Waals surface area contributed by atoms with Gasteiger partial charge in [-0.15, -0.1) is 11.3 Å². The van der Waals surface area contributed by atoms with Gasteiger partial charge in [0.25, 0.3) is 5.91 Å². The maximum Gasteiger partial charge on any atom is 0.258 e. The van der Waals surface area contributed by atoms with E-state index < -0.39 is 0 Å². The highest BCUT2D eigenvalue weighted by atomic mass is 79.9. The molecule has 0 aliphatic heterocycles. The summed E-state index contributed by atoms with van der Waals surface area (Å²) in [5.74, 6) is -0.0281. The van der Waals surface area contributed by atoms with E-state index in [4.69, 9.17) is 5.73 Å². The Kier molecular flexibility index (Phi) is 4.16. The van der Waals surface area contributed by atoms with Gasteiger partial charge in [-0.25, -0.2) is 0 Å². The van der Waals surface area contributed by atoms with Gasteiger partial charge in [-0.3, -0.25) is 4.79 Å². The topological polar surface area (TPSA) is 46.3 Å². The molecule has 0 radical (unpaired) electrons. The fraction of sp³-hybridized carbons (Fsp3) is 0.154. The van der Waals surface area contributed by atoms with Crippen molar-refractivity contribution in [3.8, 4) is 0 Å². The molecule has 0 unspecified atom stereocenters. The Morgan fingerprint density at radius 3 is 2.83 bits per heavy atom. The molecule has 5 heteroatoms. The van der Waals surface area contributed by atoms with E-state index in [0.717, 1.165) is 15.0 Å². The molecule has 0 aliphatic rings. The van der Waals surface area contributed by atoms with Crippen LogP contribution in [0.15, 0.2) is 40.2 Å². The fourth-order valence-corrected chi connectivity index (χ4v) is 2.99. The molecule has 2 N–H and O–H groups in total. The molecule has 0 spiro atoms. The second-order valence-corrected chi connectivity index (χ2v) is 5.68. The van der Waals surface area contributed by atoms with E-state index in [1.54, 1.807) is 18.0 Å². The number of benzene rings is 1. The molecule has 0 saturated carbocycles. The van der Waals surface area contributed by atoms with Gasteiger partial charge >= 0.3 is 0 Å². The van der Waals surface area contributed by atoms with Crippen molar-refractivity contribution in [1.82, 2.24) is 0 Å². The van der Waals surface area contributed by atoms with Crippen LogP contribution in [-0.4, -0.2) is 13.0 Å². The molecule has 18 heavy (non-hydrogen) atoms. The van der Waals surface area contributed by atoms with Gasteiger partial charge in [0.15, 0.2) is 0 Å². The minimum Gasteiger partial charge on any atom is -0.326 e. The molecule has 94 valence electrons. The molecular weight excluding hydrogens is 312 g/mol. The van der Waals surface area contributed by atoms with Gasteiger partial charge in [-0.1, -0.05) is 12.1 Å². The van der Waals surface area contributed by atoms with Crippen LogP contribution in [0.4, 0.5) is 5.00 Å². The molecular formula is C13H13BrN2OS. The third kappa shape index (κ3) is 2.80. The summed E-state index contributed by atoms with van der Waals surface area (Å²) in [5, 5.41) is 2.86. The first-order valence-corrected chi connectivity index (χ1v) is 7.10. The molecule has 1 amide bonds. The van der Waals surface area contributed by atoms with Gasteiger partial charge in [0.1, 0.15) is 0 Å². The van der Waals surface area contributed by atoms with Gasteiger partial charge in [0.05, 0.1) is 5.00 Å². The van der Waals surface area contributed by atoms with E-state index in [9.17, 15) is 4.79 Å². The van der Waals surface area contributed by atoms with Crippen LogP contribution in [-0.2, 0) is 6.54 Å². The van der Waals surface area contributed by atoms with Crippen LogP contribution in [0.25, 0.3) is 0 Å². The van der Waals surface area contributed by atoms with Gasteiger partial charge in [-0.05, 0) is 39.7 Å². The molecule has 2 rings (SSSR count). The minimum absolute atomic E-state index is 0.0281. The van der Waals surface area contributed by atoms with Crippen LogP contribution in [0, 0.1) is 0 Å². The number of carbonyl (C=O) groups is 1. The largest absolute Gasteiger partial charge is 0.326 e. The Labute approximate surface area is 118 Å². The van der Waals surface area contributed by atoms with Crippen molar-refractivity contribution in [2.24, 2.45) is 5.73 Å². The number of amides is 1. The van der Waals surface area contributed by atoms with Gasteiger partial charge in [0.2, 0.25) is 0 Å². The maximum absolute atomic E-state index is 12.3. The van der Waals surface area contributed by atoms with Crippen molar-refractivity contribution in [3.63, 3.8) is 0 Å². The third-order valence-corrected chi connectivity index (χ3v) is 4.36. The van der Waals surface area contributed by atoms with Gasteiger partial charge < -0.3 is 10.6 Å². The van der Waals surface area contributed by atoms with E-state index in [1.807, 2.05) is 29.6 Å². The van der Waals surface area contributed by atoms with E-state index in [1.165, 1.54) is 11.3 Å². The molecule has 0 saturated heterocycles. The molecule has 1 aromatic carbocycles. The molecule has 0 aliphatic carbocycles. The Balaban J connectivity index is 2.25. The number of nitrogens with two attached hydrogens (primary N) is 1. The van der Waals surface area contributed by atoms with Crippen molar-refractivity contribution < 1.29 is 4.79 Å². The second-order valence-electron chi connectivity index (χ2n) is 3.87. The lowest BCUT2D eigenvalue weighted by atomic mass is 10.1. The predicted molar refractivity (Wildman–Crippen MR) is 79.1 cm³/mol. The van der Waals surface area contributed by atoms with Crippen LogP contribution in [0.1, 0.15) is 15.9 Å². The van der Waals surface area contributed by atoms with E-state index in [-0.39, 0.29) is 5.91 Å². The van der Waals surface area contributed by atoms with Gasteiger partial charge in [0, 0.05) is 29.0 Å². The zero-order valence-corrected chi connectivity index (χ0v) is 12.3. The highest BCUT2D eigenvalue weighted by molar-refractivity contribution is 9.10. The summed E-state index contributed by atoms with van der Waals surface area (Å²) in [6.07, 6.45) is 0. The SMILES string of the molecule is CN(C(=O)c1cccc(CN)c1)c1cc(Br)cs1. The predicted octanol–water partition coefficient (Wildman–Crippen LogP) is 3.25. The fourth-order valence-electron chi connectivity index (χ4n) is 1.60. The van der Waals surface area contributed by atoms with Crippen molar-refractivity contribution in [1.29, 1.82) is 0 Å². The molecule has 1 aromatic heterocycles. The van der Waals surface area contributed by atoms with E-state index in [0.29, 0.717) is 12.1 Å². The zero-order chi connectivity index (χ0) is 13.1. The number of hydrogen-bond donors (Lipinski definition) is 1. The van der Waals surface area contributed by atoms with Crippen molar-refractivity contribution in [3.05, 3.63) is 51.3 Å². The van der Waals surface area contributed by atoms with Crippen LogP contribution in [0.5, 0.6) is 0 Å². The molecule has 0 atom stereocenters. The third-order valence-electron chi connectivity index (χ3n) is 2.60. The summed E-state index contributed by atoms with van der Waals surface area (Å²) in [6.45, 7) is 0.440. The smallest absolute Gasteiger partial charge is 0.258 e. The lowest BCUT2D eigenvalue weighted by Crippen LogP contribution is -2.25. The number of rotatable bonds is 3. The highest BCUT2D eigenvalue weighted by Gasteiger charge is 2.15. The average molecular weight is 325 g/mol. The summed E-state index contributed by atoms with van der Waals surface area (Å²) < 4.78 is 0.984. The number of nitrogens with zero attached hydrogens (tertiary/aromatic N) is 1. The zero-order valence-electron chi connectivity index (χ0n) is 9.89. The first kappa shape index (κ1) is 13.3. The lowest BCUT2D eigenvalue weighted by Gasteiger charge is -2.15. The summed E-state index contributed by atoms with van der Waals surface area (Å²) in [4.78, 5) is 13.9. The number of halogens is 1. The maximum atomic E-state index is 12.3. The lowest BCUT2D eigenvalue weighted by molar-refractivity contribution is 0.0993. The molecule has 3 nitrogen and oxygen atoms in total. The average Bonchev–Trinajstić information content (AvgIpc) is 2.83. The Morgan fingerprint density at radius 2 is 2.22 bits per heavy atom. The summed E-state index contributed by atoms with van der Waals surface area (Å²) in [5.41, 5.74) is 7.20. The van der Waals surface area contributed by atoms with Crippen LogP contribution < -0.4 is 10.6 Å². The molecule has 1 heterocycles. The van der Waals surface area contributed by atoms with E-state index in [2.05, 4.69) is 15.9 Å². The molecule has 0 bridgehead atoms. The highest BCUT2D eigenvalue weighted by Crippen LogP contribution is 2.28. The minimum atomic E-state index is -0.0281. The monoisotopic (exact) mass is 324 g/mol. The second kappa shape index (κ2) is 5.65. The first-order chi connectivity index (χ1) is 8.61. The standard InChI is InChI=1S/C13H13BrN2OS/c1-16(12-6-11(14)8-18-12)13(17)10-4-2-3-9(5-10)7-15/h2-6,8H,7,15H2,1H3. The summed E-state index contributed by atoms with van der Waals surface area (Å²) >= 11 is 4.91. The number of thiophene rings is 1. The number of carbonyl (C=O) groups excluding carboxylic acids is 1. The van der Waals surface area contributed by atoms with Crippen molar-refractivity contribution in [2.45, 2.75) is 6.54 Å². The number of hydrogen-bond acceptors (Lipinski definition) is 3. The van der Waals surface area contributed by atoms with Crippen LogP contribution >= 0.6 is 27.3 Å². The summed E-state index contributed by atoms with van der Waals surface area (Å²) in [6, 6.07) is 9.34. The van der Waals surface area contributed by atoms with Crippen LogP contribution in [0.3, 0.4) is 0 Å². The number of anilines is 1. The Bertz CT molecular complexity index is 568. The van der Waals surface area contributed by atoms with Crippen molar-refractivity contribution in [2.75, 3.05) is 11.9 Å². The Morgan fingerprint density at radius 1 is 1.44 bits per heavy atom. The van der Waals surface area contributed by atoms with E-state index >= 15 is 0 Å². The normalized spacial score (nSPS) is 10.4. The molecule has 0 fully saturated rings. The quantitative estimate of drug-likeness (QED) is 0.942.